The van der Waals surface area contributed by atoms with E-state index in [4.69, 9.17) is 71.1 Å². The summed E-state index contributed by atoms with van der Waals surface area (Å²) in [7, 11) is 2.35. The van der Waals surface area contributed by atoms with Gasteiger partial charge in [0.1, 0.15) is 151 Å². The second-order valence-corrected chi connectivity index (χ2v) is 30.9. The van der Waals surface area contributed by atoms with Crippen LogP contribution in [0.25, 0.3) is 0 Å². The predicted octanol–water partition coefficient (Wildman–Crippen LogP) is -5.00. The van der Waals surface area contributed by atoms with E-state index >= 15 is 0 Å². The number of aliphatic hydroxyl groups excluding tert-OH is 16. The molecule has 17 N–H and O–H groups in total. The Labute approximate surface area is 579 Å². The fraction of sp³-hybridized carbons (Fsp3) is 0.925. The minimum atomic E-state index is -2.10. The Bertz CT molecular complexity index is 2850. The number of cyclic esters (lactones) is 1. The molecule has 574 valence electrons. The Balaban J connectivity index is 0.845. The maximum atomic E-state index is 14.7. The highest BCUT2D eigenvalue weighted by atomic mass is 16.8. The van der Waals surface area contributed by atoms with E-state index in [1.165, 1.54) is 21.1 Å². The van der Waals surface area contributed by atoms with Crippen molar-refractivity contribution in [2.45, 2.75) is 308 Å². The Hall–Kier alpha value is -2.29. The summed E-state index contributed by atoms with van der Waals surface area (Å²) in [5, 5.41) is 193. The third-order valence-electron chi connectivity index (χ3n) is 24.8. The molecule has 11 rings (SSSR count). The largest absolute Gasteiger partial charge is 0.456 e. The summed E-state index contributed by atoms with van der Waals surface area (Å²) >= 11 is 0. The van der Waals surface area contributed by atoms with E-state index in [0.717, 1.165) is 11.1 Å². The van der Waals surface area contributed by atoms with Gasteiger partial charge in [0.25, 0.3) is 0 Å². The number of allylic oxidation sites excluding steroid dienone is 3. The summed E-state index contributed by atoms with van der Waals surface area (Å²) in [6.45, 7) is 11.5. The number of carbonyl (C=O) groups excluding carboxylic acids is 1. The second kappa shape index (κ2) is 30.0. The maximum absolute atomic E-state index is 14.7. The highest BCUT2D eigenvalue weighted by molar-refractivity contribution is 5.86. The first kappa shape index (κ1) is 78.8. The Morgan fingerprint density at radius 1 is 0.530 bits per heavy atom. The first-order valence-corrected chi connectivity index (χ1v) is 34.9. The SMILES string of the molecule is COC1C(O)C(CO)OC(OC2C(O)C(CO)OC(OC3COC(OC4CCC5(C)C6=CC(O)C78C(=O)OC(C)(CCC=C(C)C)C7(O)CCC8(C)C6CCC5C4(C)C)C(OC4OC(C)C(OC5OC(CO)C(O)C(OC6OC(CO)C(O)C(OC)C6O)C5O)C(O)C4O)C3O)C2O)C1O. The van der Waals surface area contributed by atoms with E-state index in [0.29, 0.717) is 44.9 Å². The van der Waals surface area contributed by atoms with Crippen molar-refractivity contribution in [1.82, 2.24) is 0 Å². The molecule has 0 aromatic carbocycles. The van der Waals surface area contributed by atoms with Crippen molar-refractivity contribution in [1.29, 1.82) is 0 Å². The van der Waals surface area contributed by atoms with Crippen LogP contribution in [0.2, 0.25) is 0 Å². The van der Waals surface area contributed by atoms with Crippen LogP contribution in [-0.2, 0) is 75.8 Å². The van der Waals surface area contributed by atoms with Crippen molar-refractivity contribution in [3.05, 3.63) is 23.3 Å². The molecule has 0 bridgehead atoms. The molecule has 7 saturated heterocycles. The lowest BCUT2D eigenvalue weighted by molar-refractivity contribution is -0.397. The Morgan fingerprint density at radius 2 is 1.00 bits per heavy atom. The van der Waals surface area contributed by atoms with Gasteiger partial charge in [-0.2, -0.15) is 0 Å². The third-order valence-corrected chi connectivity index (χ3v) is 24.8. The molecule has 0 radical (unpaired) electrons. The van der Waals surface area contributed by atoms with Crippen LogP contribution in [0, 0.1) is 33.5 Å². The molecule has 1 spiro atoms. The van der Waals surface area contributed by atoms with Crippen molar-refractivity contribution in [3.63, 3.8) is 0 Å². The van der Waals surface area contributed by atoms with E-state index in [2.05, 4.69) is 6.92 Å². The van der Waals surface area contributed by atoms with Crippen LogP contribution in [0.4, 0.5) is 0 Å². The third kappa shape index (κ3) is 12.9. The molecule has 0 amide bonds. The highest BCUT2D eigenvalue weighted by Crippen LogP contribution is 2.77. The number of hydrogen-bond donors (Lipinski definition) is 17. The van der Waals surface area contributed by atoms with Crippen LogP contribution < -0.4 is 0 Å². The standard InChI is InChI=1S/C67H108O33/c1-26(2)12-11-16-65(8)66(85)19-18-64(7)28-13-14-35-62(4,5)37(15-17-63(35,6)29(28)20-36(72)67(64,66)61(84)100-65)95-60-54(42(77)34(25-88-60)94-56-47(82)52(40(75)32(23-70)90-56)97-57-45(80)50(86-9)38(73)30(21-68)91-57)99-55-44(79)43(78)49(27(3)89-55)96-59-48(83)53(41(76)33(24-71)93-59)98-58-46(81)51(87-10)39(74)31(22-69)92-58/h12,20,27-28,30-60,68-83,85H,11,13-19,21-25H2,1-10H3. The molecule has 7 aliphatic heterocycles. The van der Waals surface area contributed by atoms with Gasteiger partial charge >= 0.3 is 5.97 Å². The minimum absolute atomic E-state index is 0.168. The quantitative estimate of drug-likeness (QED) is 0.0291. The van der Waals surface area contributed by atoms with Gasteiger partial charge in [-0.25, -0.2) is 0 Å². The number of aliphatic hydroxyl groups is 17. The van der Waals surface area contributed by atoms with Gasteiger partial charge in [-0.1, -0.05) is 51.0 Å². The number of rotatable bonds is 21. The van der Waals surface area contributed by atoms with Crippen LogP contribution >= 0.6 is 0 Å². The molecule has 10 fully saturated rings. The molecular weight excluding hydrogens is 1330 g/mol. The number of ether oxygens (including phenoxy) is 15. The van der Waals surface area contributed by atoms with Gasteiger partial charge in [0.05, 0.1) is 51.3 Å². The van der Waals surface area contributed by atoms with Crippen molar-refractivity contribution in [3.8, 4) is 0 Å². The lowest BCUT2D eigenvalue weighted by atomic mass is 9.40. The summed E-state index contributed by atoms with van der Waals surface area (Å²) in [6.07, 6.45) is -44.2. The zero-order chi connectivity index (χ0) is 73.0. The van der Waals surface area contributed by atoms with Crippen molar-refractivity contribution in [2.24, 2.45) is 33.5 Å². The summed E-state index contributed by atoms with van der Waals surface area (Å²) < 4.78 is 89.9. The first-order valence-electron chi connectivity index (χ1n) is 34.9. The highest BCUT2D eigenvalue weighted by Gasteiger charge is 2.85. The van der Waals surface area contributed by atoms with Gasteiger partial charge in [0, 0.05) is 14.2 Å². The molecule has 0 aromatic heterocycles. The zero-order valence-electron chi connectivity index (χ0n) is 58.0. The normalized spacial score (nSPS) is 53.1. The van der Waals surface area contributed by atoms with Gasteiger partial charge < -0.3 is 158 Å². The lowest BCUT2D eigenvalue weighted by Gasteiger charge is -2.64. The fourth-order valence-corrected chi connectivity index (χ4v) is 19.2. The summed E-state index contributed by atoms with van der Waals surface area (Å²) in [6, 6.07) is 0. The number of hydrogen-bond acceptors (Lipinski definition) is 33. The van der Waals surface area contributed by atoms with Crippen LogP contribution in [0.15, 0.2) is 23.3 Å². The van der Waals surface area contributed by atoms with E-state index in [9.17, 15) is 91.6 Å². The number of methoxy groups -OCH3 is 2. The lowest BCUT2D eigenvalue weighted by Crippen LogP contribution is -2.68. The van der Waals surface area contributed by atoms with E-state index in [1.54, 1.807) is 13.0 Å². The predicted molar refractivity (Wildman–Crippen MR) is 333 cm³/mol. The molecule has 38 unspecified atom stereocenters. The van der Waals surface area contributed by atoms with Gasteiger partial charge in [0.15, 0.2) is 37.7 Å². The first-order chi connectivity index (χ1) is 47.1. The van der Waals surface area contributed by atoms with Crippen molar-refractivity contribution < 1.29 is 163 Å². The molecule has 7 heterocycles. The van der Waals surface area contributed by atoms with Crippen LogP contribution in [0.1, 0.15) is 107 Å². The van der Waals surface area contributed by atoms with Gasteiger partial charge in [-0.15, -0.1) is 0 Å². The van der Waals surface area contributed by atoms with Crippen LogP contribution in [0.5, 0.6) is 0 Å². The number of fused-ring (bicyclic) bond motifs is 4. The van der Waals surface area contributed by atoms with E-state index in [-0.39, 0.29) is 18.3 Å². The zero-order valence-corrected chi connectivity index (χ0v) is 58.0. The number of carbonyl (C=O) groups is 1. The van der Waals surface area contributed by atoms with Gasteiger partial charge in [-0.3, -0.25) is 4.79 Å². The average molecular weight is 1440 g/mol. The second-order valence-electron chi connectivity index (χ2n) is 30.9. The Kier molecular flexibility index (Phi) is 23.7. The molecular formula is C67H108O33. The molecule has 0 aromatic rings. The van der Waals surface area contributed by atoms with Gasteiger partial charge in [0.2, 0.25) is 0 Å². The van der Waals surface area contributed by atoms with E-state index in [1.807, 2.05) is 40.7 Å². The summed E-state index contributed by atoms with van der Waals surface area (Å²) in [4.78, 5) is 14.7. The molecule has 11 aliphatic rings. The number of esters is 1. The molecule has 33 heteroatoms. The molecule has 33 nitrogen and oxygen atoms in total. The minimum Gasteiger partial charge on any atom is -0.456 e. The van der Waals surface area contributed by atoms with Gasteiger partial charge in [-0.05, 0) is 107 Å². The Morgan fingerprint density at radius 3 is 1.50 bits per heavy atom. The van der Waals surface area contributed by atoms with Crippen LogP contribution in [0.3, 0.4) is 0 Å². The monoisotopic (exact) mass is 1440 g/mol. The van der Waals surface area contributed by atoms with E-state index < -0.39 is 262 Å². The fourth-order valence-electron chi connectivity index (χ4n) is 19.2. The topological polar surface area (TPSA) is 499 Å². The molecule has 100 heavy (non-hydrogen) atoms. The maximum Gasteiger partial charge on any atom is 0.319 e. The summed E-state index contributed by atoms with van der Waals surface area (Å²) in [5.74, 6) is -1.00. The smallest absolute Gasteiger partial charge is 0.319 e. The van der Waals surface area contributed by atoms with Crippen LogP contribution in [-0.4, -0.2) is 342 Å². The van der Waals surface area contributed by atoms with Crippen molar-refractivity contribution >= 4 is 5.97 Å². The summed E-state index contributed by atoms with van der Waals surface area (Å²) in [5.41, 5.74) is -4.78. The van der Waals surface area contributed by atoms with Crippen molar-refractivity contribution in [2.75, 3.05) is 47.3 Å². The average Bonchev–Trinajstić information content (AvgIpc) is 1.46. The molecule has 4 aliphatic carbocycles. The molecule has 38 atom stereocenters. The molecule has 3 saturated carbocycles.